The quantitative estimate of drug-likeness (QED) is 0.763. The van der Waals surface area contributed by atoms with Crippen LogP contribution in [0.5, 0.6) is 11.5 Å². The predicted molar refractivity (Wildman–Crippen MR) is 48.9 cm³/mol. The average Bonchev–Trinajstić information content (AvgIpc) is 2.09. The maximum absolute atomic E-state index is 5.85. The van der Waals surface area contributed by atoms with Gasteiger partial charge in [-0.3, -0.25) is 0 Å². The van der Waals surface area contributed by atoms with Gasteiger partial charge >= 0.3 is 0 Å². The summed E-state index contributed by atoms with van der Waals surface area (Å²) in [7, 11) is 1.59. The van der Waals surface area contributed by atoms with Crippen LogP contribution in [0, 0.1) is 6.92 Å². The maximum atomic E-state index is 5.85. The molecule has 0 bridgehead atoms. The van der Waals surface area contributed by atoms with Crippen LogP contribution < -0.4 is 9.47 Å². The Morgan fingerprint density at radius 1 is 1.46 bits per heavy atom. The molecule has 2 nitrogen and oxygen atoms in total. The van der Waals surface area contributed by atoms with Crippen LogP contribution in [-0.4, -0.2) is 13.7 Å². The number of benzene rings is 1. The van der Waals surface area contributed by atoms with Crippen molar-refractivity contribution in [1.29, 1.82) is 0 Å². The van der Waals surface area contributed by atoms with E-state index < -0.39 is 0 Å². The van der Waals surface area contributed by atoms with Crippen LogP contribution in [0.3, 0.4) is 0 Å². The number of ether oxygens (including phenoxy) is 2. The van der Waals surface area contributed by atoms with Gasteiger partial charge in [0.25, 0.3) is 0 Å². The molecule has 0 aliphatic heterocycles. The monoisotopic (exact) mass is 369 g/mol. The van der Waals surface area contributed by atoms with E-state index in [2.05, 4.69) is 6.92 Å². The number of methoxy groups -OCH3 is 1. The molecule has 0 aromatic heterocycles. The van der Waals surface area contributed by atoms with Crippen LogP contribution >= 0.6 is 11.6 Å². The summed E-state index contributed by atoms with van der Waals surface area (Å²) in [6.07, 6.45) is 0. The van der Waals surface area contributed by atoms with E-state index >= 15 is 0 Å². The standard InChI is InChI=1S/C9H10ClO2.W/c1-3-12-9-5-4-7(11-2)6-8(9)10;/h4-6H,1,3H2,2H3;/q-1;. The molecule has 0 saturated heterocycles. The van der Waals surface area contributed by atoms with Gasteiger partial charge in [-0.05, 0) is 18.7 Å². The van der Waals surface area contributed by atoms with Crippen molar-refractivity contribution >= 4 is 11.6 Å². The van der Waals surface area contributed by atoms with Crippen LogP contribution in [0.15, 0.2) is 18.2 Å². The Hall–Kier alpha value is -0.202. The second-order valence-electron chi connectivity index (χ2n) is 2.14. The summed E-state index contributed by atoms with van der Waals surface area (Å²) in [5.74, 6) is 1.35. The van der Waals surface area contributed by atoms with Crippen molar-refractivity contribution in [1.82, 2.24) is 0 Å². The third-order valence-electron chi connectivity index (χ3n) is 1.40. The van der Waals surface area contributed by atoms with E-state index in [1.807, 2.05) is 0 Å². The first-order valence-electron chi connectivity index (χ1n) is 3.53. The summed E-state index contributed by atoms with van der Waals surface area (Å²) < 4.78 is 10.1. The fraction of sp³-hybridized carbons (Fsp3) is 0.222. The summed E-state index contributed by atoms with van der Waals surface area (Å²) >= 11 is 5.85. The zero-order valence-electron chi connectivity index (χ0n) is 7.25. The molecule has 4 heteroatoms. The fourth-order valence-electron chi connectivity index (χ4n) is 0.836. The molecule has 1 aromatic rings. The molecule has 0 N–H and O–H groups in total. The Kier molecular flexibility index (Phi) is 6.18. The van der Waals surface area contributed by atoms with Crippen LogP contribution in [0.1, 0.15) is 0 Å². The van der Waals surface area contributed by atoms with Gasteiger partial charge in [0.1, 0.15) is 11.5 Å². The van der Waals surface area contributed by atoms with Crippen LogP contribution in [0.25, 0.3) is 0 Å². The van der Waals surface area contributed by atoms with Gasteiger partial charge in [-0.25, -0.2) is 0 Å². The Morgan fingerprint density at radius 3 is 2.62 bits per heavy atom. The molecule has 0 unspecified atom stereocenters. The Bertz CT molecular complexity index is 266. The molecule has 13 heavy (non-hydrogen) atoms. The first-order valence-corrected chi connectivity index (χ1v) is 3.91. The Labute approximate surface area is 97.4 Å². The molecule has 0 fully saturated rings. The molecular formula is C9H10ClO2W-. The van der Waals surface area contributed by atoms with E-state index in [4.69, 9.17) is 21.1 Å². The van der Waals surface area contributed by atoms with Crippen molar-refractivity contribution in [3.05, 3.63) is 30.1 Å². The predicted octanol–water partition coefficient (Wildman–Crippen LogP) is 2.56. The van der Waals surface area contributed by atoms with Crippen LogP contribution in [-0.2, 0) is 21.1 Å². The zero-order chi connectivity index (χ0) is 8.97. The first kappa shape index (κ1) is 12.8. The van der Waals surface area contributed by atoms with Crippen LogP contribution in [0.2, 0.25) is 5.02 Å². The minimum absolute atomic E-state index is 0. The van der Waals surface area contributed by atoms with Gasteiger partial charge in [0.2, 0.25) is 0 Å². The van der Waals surface area contributed by atoms with Crippen molar-refractivity contribution < 1.29 is 30.5 Å². The topological polar surface area (TPSA) is 18.5 Å². The third-order valence-corrected chi connectivity index (χ3v) is 1.69. The molecule has 0 atom stereocenters. The van der Waals surface area contributed by atoms with Gasteiger partial charge < -0.3 is 16.4 Å². The molecule has 1 rings (SSSR count). The minimum atomic E-state index is 0. The Balaban J connectivity index is 0.00000144. The third kappa shape index (κ3) is 3.58. The summed E-state index contributed by atoms with van der Waals surface area (Å²) in [5.41, 5.74) is 0. The van der Waals surface area contributed by atoms with Crippen molar-refractivity contribution in [2.75, 3.05) is 13.7 Å². The van der Waals surface area contributed by atoms with Gasteiger partial charge in [0.05, 0.1) is 12.1 Å². The van der Waals surface area contributed by atoms with Gasteiger partial charge in [-0.2, -0.15) is 0 Å². The van der Waals surface area contributed by atoms with Gasteiger partial charge in [-0.15, -0.1) is 0 Å². The molecule has 1 aromatic carbocycles. The minimum Gasteiger partial charge on any atom is -0.524 e. The fourth-order valence-corrected chi connectivity index (χ4v) is 1.06. The van der Waals surface area contributed by atoms with Crippen LogP contribution in [0.4, 0.5) is 0 Å². The number of hydrogen-bond acceptors (Lipinski definition) is 2. The second-order valence-corrected chi connectivity index (χ2v) is 2.55. The second kappa shape index (κ2) is 6.28. The van der Waals surface area contributed by atoms with Gasteiger partial charge in [-0.1, -0.05) is 11.6 Å². The molecule has 72 valence electrons. The van der Waals surface area contributed by atoms with E-state index in [-0.39, 0.29) is 21.1 Å². The first-order chi connectivity index (χ1) is 5.77. The number of hydrogen-bond donors (Lipinski definition) is 0. The smallest absolute Gasteiger partial charge is 0.134 e. The van der Waals surface area contributed by atoms with E-state index in [0.717, 1.165) is 5.75 Å². The normalized spacial score (nSPS) is 8.85. The molecular weight excluding hydrogens is 359 g/mol. The van der Waals surface area contributed by atoms with E-state index in [9.17, 15) is 0 Å². The number of rotatable bonds is 3. The maximum Gasteiger partial charge on any atom is 0.134 e. The van der Waals surface area contributed by atoms with E-state index in [1.54, 1.807) is 25.3 Å². The molecule has 0 aliphatic rings. The summed E-state index contributed by atoms with van der Waals surface area (Å²) in [5, 5.41) is 0.540. The molecule has 0 spiro atoms. The van der Waals surface area contributed by atoms with Gasteiger partial charge in [0.15, 0.2) is 0 Å². The largest absolute Gasteiger partial charge is 0.524 e. The summed E-state index contributed by atoms with van der Waals surface area (Å²) in [6, 6.07) is 5.25. The molecule has 0 heterocycles. The van der Waals surface area contributed by atoms with Crippen molar-refractivity contribution in [2.24, 2.45) is 0 Å². The zero-order valence-corrected chi connectivity index (χ0v) is 10.9. The van der Waals surface area contributed by atoms with Crippen molar-refractivity contribution in [2.45, 2.75) is 0 Å². The molecule has 0 aliphatic carbocycles. The van der Waals surface area contributed by atoms with E-state index in [0.29, 0.717) is 17.4 Å². The van der Waals surface area contributed by atoms with E-state index in [1.165, 1.54) is 0 Å². The molecule has 0 amide bonds. The Morgan fingerprint density at radius 2 is 2.15 bits per heavy atom. The van der Waals surface area contributed by atoms with Crippen molar-refractivity contribution in [3.63, 3.8) is 0 Å². The summed E-state index contributed by atoms with van der Waals surface area (Å²) in [4.78, 5) is 0. The van der Waals surface area contributed by atoms with Gasteiger partial charge in [0, 0.05) is 27.1 Å². The molecule has 0 radical (unpaired) electrons. The SMILES string of the molecule is [CH2-]COc1ccc(OC)cc1Cl.[W]. The number of halogens is 1. The van der Waals surface area contributed by atoms with Crippen molar-refractivity contribution in [3.8, 4) is 11.5 Å². The average molecular weight is 369 g/mol. The molecule has 0 saturated carbocycles. The summed E-state index contributed by atoms with van der Waals surface area (Å²) in [6.45, 7) is 3.92.